The minimum atomic E-state index is -4.63. The molecule has 1 aromatic heterocycles. The Morgan fingerprint density at radius 1 is 0.868 bits per heavy atom. The van der Waals surface area contributed by atoms with Crippen molar-refractivity contribution in [3.8, 4) is 5.69 Å². The Labute approximate surface area is 219 Å². The van der Waals surface area contributed by atoms with Gasteiger partial charge in [-0.15, -0.1) is 0 Å². The van der Waals surface area contributed by atoms with Crippen LogP contribution in [0.2, 0.25) is 0 Å². The van der Waals surface area contributed by atoms with Crippen molar-refractivity contribution in [2.24, 2.45) is 0 Å². The van der Waals surface area contributed by atoms with Gasteiger partial charge in [0, 0.05) is 23.3 Å². The fourth-order valence-electron chi connectivity index (χ4n) is 4.18. The number of halogens is 3. The van der Waals surface area contributed by atoms with Gasteiger partial charge in [-0.1, -0.05) is 48.6 Å². The molecule has 5 nitrogen and oxygen atoms in total. The van der Waals surface area contributed by atoms with Gasteiger partial charge in [0.05, 0.1) is 21.7 Å². The summed E-state index contributed by atoms with van der Waals surface area (Å²) in [4.78, 5) is 13.1. The molecule has 3 aromatic carbocycles. The molecule has 0 aliphatic carbocycles. The summed E-state index contributed by atoms with van der Waals surface area (Å²) in [5.41, 5.74) is 1.71. The predicted octanol–water partition coefficient (Wildman–Crippen LogP) is 6.94. The third-order valence-corrected chi connectivity index (χ3v) is 7.18. The number of hydrogen-bond acceptors (Lipinski definition) is 3. The van der Waals surface area contributed by atoms with Crippen LogP contribution in [0.5, 0.6) is 0 Å². The van der Waals surface area contributed by atoms with Crippen LogP contribution in [0.4, 0.5) is 18.9 Å². The maximum atomic E-state index is 14.2. The molecule has 0 atom stereocenters. The first-order valence-electron chi connectivity index (χ1n) is 11.6. The summed E-state index contributed by atoms with van der Waals surface area (Å²) in [6.07, 6.45) is -0.181. The van der Waals surface area contributed by atoms with Gasteiger partial charge in [-0.05, 0) is 67.4 Å². The lowest BCUT2D eigenvalue weighted by Crippen LogP contribution is -2.15. The molecule has 0 aliphatic rings. The van der Waals surface area contributed by atoms with Crippen LogP contribution < -0.4 is 5.32 Å². The standard InChI is InChI=1S/C29H25F3N2O3S/c1-19-17-25(28(35)33-23-12-14-24(15-13-23)38(3,36)37)20(2)34(19)27-16-11-22(18-26(27)29(30,31)32)10-9-21-7-5-4-6-8-21/h4-18H,1-3H3,(H,33,35). The number of hydrogen-bond donors (Lipinski definition) is 1. The van der Waals surface area contributed by atoms with E-state index in [9.17, 15) is 26.4 Å². The summed E-state index contributed by atoms with van der Waals surface area (Å²) in [6, 6.07) is 20.5. The van der Waals surface area contributed by atoms with Crippen molar-refractivity contribution < 1.29 is 26.4 Å². The van der Waals surface area contributed by atoms with Crippen molar-refractivity contribution in [3.63, 3.8) is 0 Å². The average molecular weight is 539 g/mol. The molecule has 0 saturated heterocycles. The van der Waals surface area contributed by atoms with E-state index in [1.54, 1.807) is 32.1 Å². The van der Waals surface area contributed by atoms with E-state index in [2.05, 4.69) is 5.32 Å². The highest BCUT2D eigenvalue weighted by Crippen LogP contribution is 2.37. The molecule has 0 bridgehead atoms. The SMILES string of the molecule is Cc1cc(C(=O)Nc2ccc(S(C)(=O)=O)cc2)c(C)n1-c1ccc(C=Cc2ccccc2)cc1C(F)(F)F. The second kappa shape index (κ2) is 10.3. The molecule has 0 saturated carbocycles. The smallest absolute Gasteiger partial charge is 0.322 e. The van der Waals surface area contributed by atoms with E-state index in [0.29, 0.717) is 22.6 Å². The zero-order valence-electron chi connectivity index (χ0n) is 20.9. The van der Waals surface area contributed by atoms with Crippen LogP contribution in [0.3, 0.4) is 0 Å². The number of carbonyl (C=O) groups is 1. The van der Waals surface area contributed by atoms with E-state index in [-0.39, 0.29) is 16.1 Å². The van der Waals surface area contributed by atoms with E-state index in [4.69, 9.17) is 0 Å². The van der Waals surface area contributed by atoms with Crippen LogP contribution in [0.15, 0.2) is 83.8 Å². The van der Waals surface area contributed by atoms with Crippen LogP contribution in [-0.2, 0) is 16.0 Å². The molecule has 0 unspecified atom stereocenters. The van der Waals surface area contributed by atoms with Gasteiger partial charge in [-0.25, -0.2) is 8.42 Å². The van der Waals surface area contributed by atoms with Crippen molar-refractivity contribution in [2.45, 2.75) is 24.9 Å². The predicted molar refractivity (Wildman–Crippen MR) is 143 cm³/mol. The number of rotatable bonds is 6. The van der Waals surface area contributed by atoms with E-state index >= 15 is 0 Å². The number of aromatic nitrogens is 1. The van der Waals surface area contributed by atoms with Crippen LogP contribution in [-0.4, -0.2) is 25.1 Å². The van der Waals surface area contributed by atoms with Gasteiger partial charge in [0.1, 0.15) is 0 Å². The zero-order valence-corrected chi connectivity index (χ0v) is 21.7. The number of nitrogens with one attached hydrogen (secondary N) is 1. The summed E-state index contributed by atoms with van der Waals surface area (Å²) < 4.78 is 67.2. The third-order valence-electron chi connectivity index (χ3n) is 6.05. The topological polar surface area (TPSA) is 68.2 Å². The number of anilines is 1. The van der Waals surface area contributed by atoms with Gasteiger partial charge < -0.3 is 9.88 Å². The van der Waals surface area contributed by atoms with E-state index in [1.807, 2.05) is 30.3 Å². The Morgan fingerprint density at radius 3 is 2.11 bits per heavy atom. The largest absolute Gasteiger partial charge is 0.418 e. The average Bonchev–Trinajstić information content (AvgIpc) is 3.16. The van der Waals surface area contributed by atoms with Crippen molar-refractivity contribution in [1.29, 1.82) is 0 Å². The van der Waals surface area contributed by atoms with Gasteiger partial charge in [-0.3, -0.25) is 4.79 Å². The molecule has 38 heavy (non-hydrogen) atoms. The Kier molecular flexibility index (Phi) is 7.33. The van der Waals surface area contributed by atoms with Crippen LogP contribution in [0.1, 0.15) is 38.4 Å². The van der Waals surface area contributed by atoms with Gasteiger partial charge in [0.2, 0.25) is 0 Å². The summed E-state index contributed by atoms with van der Waals surface area (Å²) in [5, 5.41) is 2.68. The highest BCUT2D eigenvalue weighted by molar-refractivity contribution is 7.90. The molecule has 4 aromatic rings. The van der Waals surface area contributed by atoms with Crippen molar-refractivity contribution in [3.05, 3.63) is 113 Å². The second-order valence-corrected chi connectivity index (χ2v) is 10.9. The normalized spacial score (nSPS) is 12.2. The molecule has 0 aliphatic heterocycles. The molecule has 1 amide bonds. The summed E-state index contributed by atoms with van der Waals surface area (Å²) in [5.74, 6) is -0.521. The molecule has 0 spiro atoms. The Hall–Kier alpha value is -4.11. The van der Waals surface area contributed by atoms with Gasteiger partial charge in [0.15, 0.2) is 9.84 Å². The van der Waals surface area contributed by atoms with E-state index in [0.717, 1.165) is 17.9 Å². The first kappa shape index (κ1) is 26.9. The van der Waals surface area contributed by atoms with Crippen LogP contribution in [0, 0.1) is 13.8 Å². The third kappa shape index (κ3) is 5.89. The lowest BCUT2D eigenvalue weighted by molar-refractivity contribution is -0.137. The Balaban J connectivity index is 1.67. The molecule has 9 heteroatoms. The van der Waals surface area contributed by atoms with E-state index in [1.165, 1.54) is 41.0 Å². The molecule has 0 radical (unpaired) electrons. The second-order valence-electron chi connectivity index (χ2n) is 8.89. The monoisotopic (exact) mass is 538 g/mol. The summed E-state index contributed by atoms with van der Waals surface area (Å²) in [6.45, 7) is 3.21. The maximum Gasteiger partial charge on any atom is 0.418 e. The molecule has 1 heterocycles. The first-order valence-corrected chi connectivity index (χ1v) is 13.5. The quantitative estimate of drug-likeness (QED) is 0.271. The molecule has 1 N–H and O–H groups in total. The fraction of sp³-hybridized carbons (Fsp3) is 0.138. The number of sulfone groups is 1. The number of aryl methyl sites for hydroxylation is 1. The van der Waals surface area contributed by atoms with Crippen LogP contribution >= 0.6 is 0 Å². The molecule has 0 fully saturated rings. The summed E-state index contributed by atoms with van der Waals surface area (Å²) >= 11 is 0. The maximum absolute atomic E-state index is 14.2. The number of amides is 1. The molecular weight excluding hydrogens is 513 g/mol. The zero-order chi connectivity index (χ0) is 27.7. The Bertz CT molecular complexity index is 1620. The van der Waals surface area contributed by atoms with Gasteiger partial charge in [-0.2, -0.15) is 13.2 Å². The lowest BCUT2D eigenvalue weighted by atomic mass is 10.1. The highest BCUT2D eigenvalue weighted by atomic mass is 32.2. The minimum absolute atomic E-state index is 0.0825. The van der Waals surface area contributed by atoms with Crippen molar-refractivity contribution >= 4 is 33.6 Å². The summed E-state index contributed by atoms with van der Waals surface area (Å²) in [7, 11) is -3.39. The lowest BCUT2D eigenvalue weighted by Gasteiger charge is -2.18. The number of alkyl halides is 3. The van der Waals surface area contributed by atoms with Gasteiger partial charge >= 0.3 is 6.18 Å². The minimum Gasteiger partial charge on any atom is -0.322 e. The first-order chi connectivity index (χ1) is 17.8. The van der Waals surface area contributed by atoms with Crippen molar-refractivity contribution in [1.82, 2.24) is 4.57 Å². The number of carbonyl (C=O) groups excluding carboxylic acids is 1. The molecule has 4 rings (SSSR count). The number of benzene rings is 3. The van der Waals surface area contributed by atoms with Crippen LogP contribution in [0.25, 0.3) is 17.8 Å². The fourth-order valence-corrected chi connectivity index (χ4v) is 4.81. The van der Waals surface area contributed by atoms with E-state index < -0.39 is 27.5 Å². The Morgan fingerprint density at radius 2 is 1.50 bits per heavy atom. The van der Waals surface area contributed by atoms with Crippen molar-refractivity contribution in [2.75, 3.05) is 11.6 Å². The molecular formula is C29H25F3N2O3S. The van der Waals surface area contributed by atoms with Gasteiger partial charge in [0.25, 0.3) is 5.91 Å². The highest BCUT2D eigenvalue weighted by Gasteiger charge is 2.35. The molecule has 196 valence electrons. The number of nitrogens with zero attached hydrogens (tertiary/aromatic N) is 1.